The monoisotopic (exact) mass is 318 g/mol. The number of ketones is 1. The van der Waals surface area contributed by atoms with Crippen molar-refractivity contribution in [2.75, 3.05) is 6.26 Å². The number of fused-ring (bicyclic) bond motifs is 5. The van der Waals surface area contributed by atoms with Crippen LogP contribution in [-0.4, -0.2) is 17.3 Å². The zero-order valence-corrected chi connectivity index (χ0v) is 15.2. The highest BCUT2D eigenvalue weighted by Crippen LogP contribution is 2.66. The van der Waals surface area contributed by atoms with Gasteiger partial charge in [-0.05, 0) is 85.9 Å². The van der Waals surface area contributed by atoms with Crippen LogP contribution in [-0.2, 0) is 4.79 Å². The van der Waals surface area contributed by atoms with Crippen molar-refractivity contribution in [3.05, 3.63) is 11.6 Å². The fraction of sp³-hybridized carbons (Fsp3) is 0.850. The van der Waals surface area contributed by atoms with Crippen molar-refractivity contribution in [2.24, 2.45) is 28.6 Å². The quantitative estimate of drug-likeness (QED) is 0.657. The molecule has 4 rings (SSSR count). The minimum Gasteiger partial charge on any atom is -0.295 e. The van der Waals surface area contributed by atoms with E-state index in [4.69, 9.17) is 0 Å². The molecule has 0 aliphatic heterocycles. The fourth-order valence-corrected chi connectivity index (χ4v) is 8.10. The first-order valence-electron chi connectivity index (χ1n) is 9.26. The summed E-state index contributed by atoms with van der Waals surface area (Å²) in [5.41, 5.74) is 2.44. The van der Waals surface area contributed by atoms with E-state index in [1.807, 2.05) is 6.08 Å². The first kappa shape index (κ1) is 15.3. The summed E-state index contributed by atoms with van der Waals surface area (Å²) in [6.07, 6.45) is 14.5. The Morgan fingerprint density at radius 2 is 1.86 bits per heavy atom. The van der Waals surface area contributed by atoms with Crippen molar-refractivity contribution < 1.29 is 4.79 Å². The molecule has 0 saturated heterocycles. The first-order chi connectivity index (χ1) is 10.5. The smallest absolute Gasteiger partial charge is 0.155 e. The molecule has 1 unspecified atom stereocenters. The number of carbonyl (C=O) groups excluding carboxylic acids is 1. The van der Waals surface area contributed by atoms with Crippen LogP contribution in [0.25, 0.3) is 0 Å². The highest BCUT2D eigenvalue weighted by molar-refractivity contribution is 7.99. The summed E-state index contributed by atoms with van der Waals surface area (Å²) >= 11 is 2.12. The largest absolute Gasteiger partial charge is 0.295 e. The van der Waals surface area contributed by atoms with Crippen LogP contribution in [0.4, 0.5) is 0 Å². The van der Waals surface area contributed by atoms with Crippen molar-refractivity contribution >= 4 is 17.5 Å². The standard InChI is InChI=1S/C20H30OS/c1-19-10-8-14(21)12-13(19)4-5-15-16-6-7-18(22-3)20(16,2)11-9-17(15)19/h12,15-18H,4-11H2,1-3H3/t15-,16-,17-,18?,19-,20-/m0/s1. The minimum atomic E-state index is 0.343. The lowest BCUT2D eigenvalue weighted by Crippen LogP contribution is -2.50. The van der Waals surface area contributed by atoms with Gasteiger partial charge in [-0.15, -0.1) is 0 Å². The Bertz CT molecular complexity index is 524. The Labute approximate surface area is 139 Å². The molecule has 0 heterocycles. The Morgan fingerprint density at radius 1 is 1.05 bits per heavy atom. The van der Waals surface area contributed by atoms with Gasteiger partial charge in [0, 0.05) is 11.7 Å². The number of thioether (sulfide) groups is 1. The predicted octanol–water partition coefficient (Wildman–Crippen LogP) is 5.25. The molecule has 3 saturated carbocycles. The summed E-state index contributed by atoms with van der Waals surface area (Å²) in [7, 11) is 0. The van der Waals surface area contributed by atoms with E-state index in [9.17, 15) is 4.79 Å². The van der Waals surface area contributed by atoms with Gasteiger partial charge < -0.3 is 0 Å². The second-order valence-corrected chi connectivity index (χ2v) is 9.86. The number of rotatable bonds is 1. The molecular weight excluding hydrogens is 288 g/mol. The first-order valence-corrected chi connectivity index (χ1v) is 10.5. The molecule has 4 aliphatic rings. The summed E-state index contributed by atoms with van der Waals surface area (Å²) in [6, 6.07) is 0. The van der Waals surface area contributed by atoms with Gasteiger partial charge in [-0.1, -0.05) is 19.4 Å². The molecule has 3 fully saturated rings. The van der Waals surface area contributed by atoms with Crippen LogP contribution in [0.2, 0.25) is 0 Å². The SMILES string of the molecule is CSC1CC[C@H]2[C@@H]3CCC4=CC(=O)CC[C@]4(C)[C@H]3CC[C@]12C. The summed E-state index contributed by atoms with van der Waals surface area (Å²) in [5, 5.41) is 0.885. The highest BCUT2D eigenvalue weighted by Gasteiger charge is 2.58. The third-order valence-electron chi connectivity index (χ3n) is 8.16. The normalized spacial score (nSPS) is 50.9. The third-order valence-corrected chi connectivity index (χ3v) is 9.50. The van der Waals surface area contributed by atoms with Crippen molar-refractivity contribution in [3.63, 3.8) is 0 Å². The molecule has 0 bridgehead atoms. The van der Waals surface area contributed by atoms with Crippen LogP contribution in [0, 0.1) is 28.6 Å². The molecule has 0 aromatic rings. The second kappa shape index (κ2) is 5.13. The van der Waals surface area contributed by atoms with E-state index < -0.39 is 0 Å². The molecule has 4 aliphatic carbocycles. The Morgan fingerprint density at radius 3 is 2.64 bits per heavy atom. The van der Waals surface area contributed by atoms with E-state index in [0.29, 0.717) is 16.6 Å². The summed E-state index contributed by atoms with van der Waals surface area (Å²) < 4.78 is 0. The Hall–Kier alpha value is -0.240. The summed E-state index contributed by atoms with van der Waals surface area (Å²) in [5.74, 6) is 3.10. The van der Waals surface area contributed by atoms with Gasteiger partial charge in [-0.25, -0.2) is 0 Å². The van der Waals surface area contributed by atoms with Gasteiger partial charge in [0.1, 0.15) is 0 Å². The van der Waals surface area contributed by atoms with Crippen LogP contribution in [0.3, 0.4) is 0 Å². The van der Waals surface area contributed by atoms with E-state index in [-0.39, 0.29) is 0 Å². The van der Waals surface area contributed by atoms with Gasteiger partial charge >= 0.3 is 0 Å². The molecule has 1 nitrogen and oxygen atoms in total. The van der Waals surface area contributed by atoms with Gasteiger partial charge in [-0.3, -0.25) is 4.79 Å². The van der Waals surface area contributed by atoms with Gasteiger partial charge in [0.15, 0.2) is 5.78 Å². The average molecular weight is 319 g/mol. The van der Waals surface area contributed by atoms with Gasteiger partial charge in [-0.2, -0.15) is 11.8 Å². The van der Waals surface area contributed by atoms with Crippen molar-refractivity contribution in [1.29, 1.82) is 0 Å². The predicted molar refractivity (Wildman–Crippen MR) is 94.0 cm³/mol. The molecule has 22 heavy (non-hydrogen) atoms. The maximum atomic E-state index is 11.9. The van der Waals surface area contributed by atoms with E-state index in [1.165, 1.54) is 44.1 Å². The van der Waals surface area contributed by atoms with Gasteiger partial charge in [0.25, 0.3) is 0 Å². The molecule has 0 aromatic carbocycles. The highest BCUT2D eigenvalue weighted by atomic mass is 32.2. The second-order valence-electron chi connectivity index (χ2n) is 8.82. The topological polar surface area (TPSA) is 17.1 Å². The van der Waals surface area contributed by atoms with E-state index in [1.54, 1.807) is 0 Å². The average Bonchev–Trinajstić information content (AvgIpc) is 2.84. The lowest BCUT2D eigenvalue weighted by molar-refractivity contribution is -0.117. The maximum Gasteiger partial charge on any atom is 0.155 e. The molecule has 122 valence electrons. The molecule has 0 amide bonds. The lowest BCUT2D eigenvalue weighted by Gasteiger charge is -2.58. The van der Waals surface area contributed by atoms with Gasteiger partial charge in [0.05, 0.1) is 0 Å². The summed E-state index contributed by atoms with van der Waals surface area (Å²) in [4.78, 5) is 11.9. The third kappa shape index (κ3) is 1.95. The van der Waals surface area contributed by atoms with Crippen LogP contribution >= 0.6 is 11.8 Å². The van der Waals surface area contributed by atoms with Crippen LogP contribution in [0.1, 0.15) is 65.2 Å². The molecule has 0 aromatic heterocycles. The number of allylic oxidation sites excluding steroid dienone is 1. The molecule has 0 spiro atoms. The van der Waals surface area contributed by atoms with E-state index in [0.717, 1.165) is 35.8 Å². The van der Waals surface area contributed by atoms with Crippen molar-refractivity contribution in [3.8, 4) is 0 Å². The van der Waals surface area contributed by atoms with E-state index in [2.05, 4.69) is 31.9 Å². The Balaban J connectivity index is 1.67. The number of hydrogen-bond acceptors (Lipinski definition) is 2. The van der Waals surface area contributed by atoms with Crippen LogP contribution in [0.15, 0.2) is 11.6 Å². The molecule has 0 radical (unpaired) electrons. The molecule has 6 atom stereocenters. The Kier molecular flexibility index (Phi) is 3.57. The maximum absolute atomic E-state index is 11.9. The van der Waals surface area contributed by atoms with Crippen molar-refractivity contribution in [2.45, 2.75) is 70.5 Å². The number of carbonyl (C=O) groups is 1. The van der Waals surface area contributed by atoms with Crippen LogP contribution in [0.5, 0.6) is 0 Å². The molecule has 0 N–H and O–H groups in total. The zero-order chi connectivity index (χ0) is 15.5. The number of hydrogen-bond donors (Lipinski definition) is 0. The van der Waals surface area contributed by atoms with Crippen molar-refractivity contribution in [1.82, 2.24) is 0 Å². The molecular formula is C20H30OS. The lowest BCUT2D eigenvalue weighted by atomic mass is 9.47. The molecule has 2 heteroatoms. The fourth-order valence-electron chi connectivity index (χ4n) is 6.90. The summed E-state index contributed by atoms with van der Waals surface area (Å²) in [6.45, 7) is 5.09. The zero-order valence-electron chi connectivity index (χ0n) is 14.4. The van der Waals surface area contributed by atoms with Gasteiger partial charge in [0.2, 0.25) is 0 Å². The van der Waals surface area contributed by atoms with E-state index >= 15 is 0 Å². The minimum absolute atomic E-state index is 0.343. The van der Waals surface area contributed by atoms with Crippen LogP contribution < -0.4 is 0 Å².